The number of carbonyl (C=O) groups excluding carboxylic acids is 1. The minimum atomic E-state index is -0.877. The maximum absolute atomic E-state index is 13.3. The predicted octanol–water partition coefficient (Wildman–Crippen LogP) is 5.04. The Bertz CT molecular complexity index is 621. The minimum absolute atomic E-state index is 0.0642. The highest BCUT2D eigenvalue weighted by Crippen LogP contribution is 2.36. The van der Waals surface area contributed by atoms with Crippen LogP contribution in [-0.2, 0) is 4.74 Å². The molecule has 0 unspecified atom stereocenters. The lowest BCUT2D eigenvalue weighted by atomic mass is 10.1. The van der Waals surface area contributed by atoms with Gasteiger partial charge in [0.1, 0.15) is 5.82 Å². The van der Waals surface area contributed by atoms with Crippen molar-refractivity contribution in [3.63, 3.8) is 0 Å². The molecule has 1 heterocycles. The summed E-state index contributed by atoms with van der Waals surface area (Å²) < 4.78 is 28.2. The summed E-state index contributed by atoms with van der Waals surface area (Å²) in [6, 6.07) is 5.48. The topological polar surface area (TPSA) is 48.7 Å². The first-order chi connectivity index (χ1) is 9.49. The third-order valence-corrected chi connectivity index (χ3v) is 3.09. The van der Waals surface area contributed by atoms with Crippen molar-refractivity contribution < 1.29 is 23.1 Å². The van der Waals surface area contributed by atoms with Gasteiger partial charge in [-0.3, -0.25) is 0 Å². The number of carbonyl (C=O) groups is 1. The summed E-state index contributed by atoms with van der Waals surface area (Å²) in [6.07, 6.45) is -0.877. The molecule has 7 heteroatoms. The fourth-order valence-corrected chi connectivity index (χ4v) is 2.26. The standard InChI is InChI=1S/C13H9BrClFO4/c1-2-18-13(17)20-11-6-10(12(14)19-11)7-3-8(15)5-9(16)4-7/h3-6H,2H2,1H3. The van der Waals surface area contributed by atoms with E-state index in [2.05, 4.69) is 20.7 Å². The average Bonchev–Trinajstić information content (AvgIpc) is 2.69. The molecule has 1 aromatic carbocycles. The summed E-state index contributed by atoms with van der Waals surface area (Å²) in [5.41, 5.74) is 0.995. The first-order valence-electron chi connectivity index (χ1n) is 5.60. The molecule has 0 atom stereocenters. The highest BCUT2D eigenvalue weighted by molar-refractivity contribution is 9.10. The third kappa shape index (κ3) is 3.52. The maximum atomic E-state index is 13.3. The predicted molar refractivity (Wildman–Crippen MR) is 74.5 cm³/mol. The van der Waals surface area contributed by atoms with Crippen LogP contribution in [0, 0.1) is 5.82 Å². The van der Waals surface area contributed by atoms with Gasteiger partial charge in [0.25, 0.3) is 5.95 Å². The van der Waals surface area contributed by atoms with E-state index in [-0.39, 0.29) is 17.6 Å². The third-order valence-electron chi connectivity index (χ3n) is 2.28. The summed E-state index contributed by atoms with van der Waals surface area (Å²) in [4.78, 5) is 11.2. The van der Waals surface area contributed by atoms with Crippen molar-refractivity contribution in [2.24, 2.45) is 0 Å². The fraction of sp³-hybridized carbons (Fsp3) is 0.154. The molecule has 2 aromatic rings. The van der Waals surface area contributed by atoms with E-state index in [0.29, 0.717) is 15.8 Å². The molecule has 0 bridgehead atoms. The normalized spacial score (nSPS) is 10.4. The van der Waals surface area contributed by atoms with Gasteiger partial charge in [0.2, 0.25) is 0 Å². The largest absolute Gasteiger partial charge is 0.516 e. The zero-order valence-corrected chi connectivity index (χ0v) is 12.6. The second kappa shape index (κ2) is 6.28. The molecular formula is C13H9BrClFO4. The Morgan fingerprint density at radius 3 is 2.80 bits per heavy atom. The van der Waals surface area contributed by atoms with Gasteiger partial charge >= 0.3 is 6.16 Å². The molecule has 0 amide bonds. The van der Waals surface area contributed by atoms with Gasteiger partial charge in [-0.25, -0.2) is 9.18 Å². The Hall–Kier alpha value is -1.53. The van der Waals surface area contributed by atoms with Crippen LogP contribution in [0.3, 0.4) is 0 Å². The van der Waals surface area contributed by atoms with Crippen LogP contribution in [0.25, 0.3) is 11.1 Å². The molecule has 1 aromatic heterocycles. The lowest BCUT2D eigenvalue weighted by Gasteiger charge is -1.99. The van der Waals surface area contributed by atoms with E-state index >= 15 is 0 Å². The van der Waals surface area contributed by atoms with E-state index < -0.39 is 12.0 Å². The van der Waals surface area contributed by atoms with Crippen LogP contribution in [0.4, 0.5) is 9.18 Å². The van der Waals surface area contributed by atoms with E-state index in [1.807, 2.05) is 0 Å². The number of rotatable bonds is 3. The summed E-state index contributed by atoms with van der Waals surface area (Å²) in [6.45, 7) is 1.84. The van der Waals surface area contributed by atoms with Crippen molar-refractivity contribution in [2.75, 3.05) is 6.61 Å². The molecule has 20 heavy (non-hydrogen) atoms. The number of ether oxygens (including phenoxy) is 2. The van der Waals surface area contributed by atoms with Gasteiger partial charge in [-0.2, -0.15) is 0 Å². The smallest absolute Gasteiger partial charge is 0.434 e. The molecule has 0 aliphatic heterocycles. The van der Waals surface area contributed by atoms with Gasteiger partial charge in [0.15, 0.2) is 4.67 Å². The van der Waals surface area contributed by atoms with Crippen LogP contribution in [0.2, 0.25) is 5.02 Å². The van der Waals surface area contributed by atoms with E-state index in [1.54, 1.807) is 13.0 Å². The number of halogens is 3. The lowest BCUT2D eigenvalue weighted by Crippen LogP contribution is -2.09. The Balaban J connectivity index is 2.29. The molecule has 0 fully saturated rings. The zero-order valence-electron chi connectivity index (χ0n) is 10.3. The van der Waals surface area contributed by atoms with Crippen molar-refractivity contribution >= 4 is 33.7 Å². The van der Waals surface area contributed by atoms with Gasteiger partial charge in [-0.05, 0) is 46.6 Å². The van der Waals surface area contributed by atoms with Gasteiger partial charge in [-0.15, -0.1) is 0 Å². The average molecular weight is 364 g/mol. The Morgan fingerprint density at radius 2 is 2.15 bits per heavy atom. The second-order valence-corrected chi connectivity index (χ2v) is 4.85. The number of furan rings is 1. The van der Waals surface area contributed by atoms with E-state index in [4.69, 9.17) is 20.8 Å². The van der Waals surface area contributed by atoms with Crippen molar-refractivity contribution in [1.29, 1.82) is 0 Å². The second-order valence-electron chi connectivity index (χ2n) is 3.70. The Morgan fingerprint density at radius 1 is 1.40 bits per heavy atom. The van der Waals surface area contributed by atoms with Gasteiger partial charge in [0, 0.05) is 16.7 Å². The first kappa shape index (κ1) is 14.9. The van der Waals surface area contributed by atoms with Crippen LogP contribution >= 0.6 is 27.5 Å². The maximum Gasteiger partial charge on any atom is 0.516 e. The van der Waals surface area contributed by atoms with Crippen molar-refractivity contribution in [2.45, 2.75) is 6.92 Å². The summed E-state index contributed by atoms with van der Waals surface area (Å²) in [5.74, 6) is -0.542. The van der Waals surface area contributed by atoms with Crippen molar-refractivity contribution in [1.82, 2.24) is 0 Å². The molecule has 0 aliphatic carbocycles. The monoisotopic (exact) mass is 362 g/mol. The van der Waals surface area contributed by atoms with Crippen molar-refractivity contribution in [3.8, 4) is 17.1 Å². The highest BCUT2D eigenvalue weighted by Gasteiger charge is 2.16. The zero-order chi connectivity index (χ0) is 14.7. The molecule has 0 aliphatic rings. The Kier molecular flexibility index (Phi) is 4.67. The Labute approximate surface area is 127 Å². The molecule has 106 valence electrons. The van der Waals surface area contributed by atoms with E-state index in [1.165, 1.54) is 18.2 Å². The quantitative estimate of drug-likeness (QED) is 0.717. The summed E-state index contributed by atoms with van der Waals surface area (Å²) in [7, 11) is 0. The molecule has 0 N–H and O–H groups in total. The molecule has 0 saturated heterocycles. The lowest BCUT2D eigenvalue weighted by molar-refractivity contribution is 0.0945. The molecule has 0 radical (unpaired) electrons. The van der Waals surface area contributed by atoms with Gasteiger partial charge < -0.3 is 13.9 Å². The number of hydrogen-bond acceptors (Lipinski definition) is 4. The fourth-order valence-electron chi connectivity index (χ4n) is 1.53. The summed E-state index contributed by atoms with van der Waals surface area (Å²) in [5, 5.41) is 0.251. The number of hydrogen-bond donors (Lipinski definition) is 0. The van der Waals surface area contributed by atoms with Crippen LogP contribution < -0.4 is 4.74 Å². The van der Waals surface area contributed by atoms with Crippen LogP contribution in [-0.4, -0.2) is 12.8 Å². The van der Waals surface area contributed by atoms with Gasteiger partial charge in [-0.1, -0.05) is 11.6 Å². The molecule has 2 rings (SSSR count). The number of benzene rings is 1. The molecule has 4 nitrogen and oxygen atoms in total. The molecule has 0 saturated carbocycles. The van der Waals surface area contributed by atoms with Crippen LogP contribution in [0.1, 0.15) is 6.92 Å². The van der Waals surface area contributed by atoms with E-state index in [0.717, 1.165) is 0 Å². The van der Waals surface area contributed by atoms with Gasteiger partial charge in [0.05, 0.1) is 6.61 Å². The van der Waals surface area contributed by atoms with Crippen LogP contribution in [0.5, 0.6) is 5.95 Å². The minimum Gasteiger partial charge on any atom is -0.434 e. The molecule has 0 spiro atoms. The van der Waals surface area contributed by atoms with Crippen molar-refractivity contribution in [3.05, 3.63) is 39.8 Å². The summed E-state index contributed by atoms with van der Waals surface area (Å²) >= 11 is 8.96. The SMILES string of the molecule is CCOC(=O)Oc1cc(-c2cc(F)cc(Cl)c2)c(Br)o1. The van der Waals surface area contributed by atoms with Crippen LogP contribution in [0.15, 0.2) is 33.4 Å². The first-order valence-corrected chi connectivity index (χ1v) is 6.77. The molecular weight excluding hydrogens is 354 g/mol. The highest BCUT2D eigenvalue weighted by atomic mass is 79.9. The van der Waals surface area contributed by atoms with E-state index in [9.17, 15) is 9.18 Å².